The summed E-state index contributed by atoms with van der Waals surface area (Å²) >= 11 is 6.05. The fraction of sp³-hybridized carbons (Fsp3) is 0.238. The highest BCUT2D eigenvalue weighted by molar-refractivity contribution is 7.89. The van der Waals surface area contributed by atoms with E-state index in [0.717, 1.165) is 33.3 Å². The van der Waals surface area contributed by atoms with E-state index >= 15 is 0 Å². The number of benzene rings is 2. The molecule has 3 rings (SSSR count). The van der Waals surface area contributed by atoms with E-state index in [2.05, 4.69) is 4.98 Å². The number of rotatable bonds is 7. The second kappa shape index (κ2) is 8.59. The minimum atomic E-state index is -3.75. The van der Waals surface area contributed by atoms with Gasteiger partial charge in [0.15, 0.2) is 6.61 Å². The second-order valence-electron chi connectivity index (χ2n) is 6.82. The van der Waals surface area contributed by atoms with Gasteiger partial charge in [0.05, 0.1) is 15.5 Å². The van der Waals surface area contributed by atoms with Gasteiger partial charge in [0.25, 0.3) is 0 Å². The molecular formula is C21H21ClN2O5S. The molecule has 0 bridgehead atoms. The summed E-state index contributed by atoms with van der Waals surface area (Å²) < 4.78 is 30.7. The first-order chi connectivity index (χ1) is 14.2. The van der Waals surface area contributed by atoms with Crippen LogP contribution in [0.15, 0.2) is 47.5 Å². The zero-order valence-electron chi connectivity index (χ0n) is 16.7. The minimum absolute atomic E-state index is 0.0323. The number of nitrogens with one attached hydrogen (secondary N) is 1. The highest BCUT2D eigenvalue weighted by atomic mass is 35.5. The number of halogens is 1. The number of H-pyrrole nitrogens is 1. The van der Waals surface area contributed by atoms with Crippen LogP contribution in [-0.2, 0) is 21.2 Å². The van der Waals surface area contributed by atoms with Crippen LogP contribution < -0.4 is 0 Å². The van der Waals surface area contributed by atoms with E-state index in [1.807, 2.05) is 25.1 Å². The Kier molecular flexibility index (Phi) is 6.30. The van der Waals surface area contributed by atoms with Crippen LogP contribution in [0.3, 0.4) is 0 Å². The molecule has 0 aliphatic heterocycles. The molecule has 0 unspecified atom stereocenters. The molecule has 3 aromatic rings. The van der Waals surface area contributed by atoms with Gasteiger partial charge in [-0.1, -0.05) is 36.7 Å². The number of aromatic nitrogens is 1. The lowest BCUT2D eigenvalue weighted by Gasteiger charge is -2.13. The normalized spacial score (nSPS) is 11.8. The van der Waals surface area contributed by atoms with Gasteiger partial charge in [0.1, 0.15) is 0 Å². The molecule has 0 fully saturated rings. The van der Waals surface area contributed by atoms with Gasteiger partial charge in [-0.25, -0.2) is 17.5 Å². The molecule has 0 saturated heterocycles. The smallest absolute Gasteiger partial charge is 0.340 e. The van der Waals surface area contributed by atoms with E-state index in [4.69, 9.17) is 16.3 Å². The van der Waals surface area contributed by atoms with Crippen LogP contribution in [0.25, 0.3) is 10.9 Å². The number of Topliss-reactive ketones (excluding diaryl/α,β-unsaturated/α-hetero) is 1. The number of aromatic amines is 1. The van der Waals surface area contributed by atoms with Crippen LogP contribution in [0.4, 0.5) is 0 Å². The predicted octanol–water partition coefficient (Wildman–Crippen LogP) is 3.67. The van der Waals surface area contributed by atoms with Gasteiger partial charge in [-0.05, 0) is 30.2 Å². The summed E-state index contributed by atoms with van der Waals surface area (Å²) in [6.07, 6.45) is 2.41. The number of aryl methyl sites for hydroxylation is 1. The molecular weight excluding hydrogens is 428 g/mol. The number of hydrogen-bond acceptors (Lipinski definition) is 5. The third kappa shape index (κ3) is 4.12. The first kappa shape index (κ1) is 22.0. The maximum atomic E-state index is 12.6. The topological polar surface area (TPSA) is 96.5 Å². The molecule has 1 heterocycles. The van der Waals surface area contributed by atoms with Gasteiger partial charge in [-0.2, -0.15) is 0 Å². The third-order valence-electron chi connectivity index (χ3n) is 4.75. The van der Waals surface area contributed by atoms with Gasteiger partial charge in [0.2, 0.25) is 15.8 Å². The van der Waals surface area contributed by atoms with Crippen molar-refractivity contribution in [3.63, 3.8) is 0 Å². The molecule has 0 radical (unpaired) electrons. The van der Waals surface area contributed by atoms with Crippen molar-refractivity contribution in [1.29, 1.82) is 0 Å². The molecule has 7 nitrogen and oxygen atoms in total. The fourth-order valence-electron chi connectivity index (χ4n) is 3.06. The number of carbonyl (C=O) groups is 2. The monoisotopic (exact) mass is 448 g/mol. The van der Waals surface area contributed by atoms with Crippen LogP contribution in [0.5, 0.6) is 0 Å². The number of nitrogens with zero attached hydrogens (tertiary/aromatic N) is 1. The number of ether oxygens (including phenoxy) is 1. The molecule has 0 aliphatic carbocycles. The lowest BCUT2D eigenvalue weighted by atomic mass is 10.1. The van der Waals surface area contributed by atoms with Gasteiger partial charge in [0, 0.05) is 36.8 Å². The zero-order valence-corrected chi connectivity index (χ0v) is 18.3. The van der Waals surface area contributed by atoms with E-state index in [9.17, 15) is 18.0 Å². The fourth-order valence-corrected chi connectivity index (χ4v) is 4.18. The van der Waals surface area contributed by atoms with Crippen LogP contribution >= 0.6 is 11.6 Å². The average Bonchev–Trinajstić information content (AvgIpc) is 3.16. The number of esters is 1. The van der Waals surface area contributed by atoms with Gasteiger partial charge in [-0.3, -0.25) is 4.79 Å². The zero-order chi connectivity index (χ0) is 22.1. The Morgan fingerprint density at radius 2 is 1.87 bits per heavy atom. The summed E-state index contributed by atoms with van der Waals surface area (Å²) in [6.45, 7) is 1.52. The van der Waals surface area contributed by atoms with Gasteiger partial charge < -0.3 is 9.72 Å². The molecule has 1 N–H and O–H groups in total. The summed E-state index contributed by atoms with van der Waals surface area (Å²) in [6, 6.07) is 9.42. The van der Waals surface area contributed by atoms with Crippen LogP contribution in [-0.4, -0.2) is 50.2 Å². The van der Waals surface area contributed by atoms with Crippen molar-refractivity contribution in [1.82, 2.24) is 9.29 Å². The lowest BCUT2D eigenvalue weighted by molar-refractivity contribution is 0.0475. The molecule has 2 aromatic carbocycles. The van der Waals surface area contributed by atoms with Crippen LogP contribution in [0.1, 0.15) is 33.2 Å². The average molecular weight is 449 g/mol. The highest BCUT2D eigenvalue weighted by Crippen LogP contribution is 2.24. The Morgan fingerprint density at radius 1 is 1.13 bits per heavy atom. The Bertz CT molecular complexity index is 1230. The summed E-state index contributed by atoms with van der Waals surface area (Å²) in [5.74, 6) is -1.26. The number of fused-ring (bicyclic) bond motifs is 1. The molecule has 30 heavy (non-hydrogen) atoms. The van der Waals surface area contributed by atoms with Crippen molar-refractivity contribution >= 4 is 44.3 Å². The van der Waals surface area contributed by atoms with Gasteiger partial charge in [-0.15, -0.1) is 0 Å². The van der Waals surface area contributed by atoms with Crippen LogP contribution in [0.2, 0.25) is 5.02 Å². The molecule has 158 valence electrons. The van der Waals surface area contributed by atoms with Crippen molar-refractivity contribution in [3.8, 4) is 0 Å². The van der Waals surface area contributed by atoms with E-state index in [1.54, 1.807) is 6.20 Å². The molecule has 0 atom stereocenters. The van der Waals surface area contributed by atoms with Crippen molar-refractivity contribution < 1.29 is 22.7 Å². The lowest BCUT2D eigenvalue weighted by Crippen LogP contribution is -2.22. The van der Waals surface area contributed by atoms with Crippen molar-refractivity contribution in [3.05, 3.63) is 64.3 Å². The van der Waals surface area contributed by atoms with Crippen molar-refractivity contribution in [2.24, 2.45) is 0 Å². The van der Waals surface area contributed by atoms with Crippen molar-refractivity contribution in [2.75, 3.05) is 20.7 Å². The SMILES string of the molecule is CCc1cccc2c(C(=O)COC(=O)c3cc(S(=O)(=O)N(C)C)ccc3Cl)c[nH]c12. The van der Waals surface area contributed by atoms with Crippen molar-refractivity contribution in [2.45, 2.75) is 18.2 Å². The van der Waals surface area contributed by atoms with E-state index in [1.165, 1.54) is 26.2 Å². The maximum absolute atomic E-state index is 12.6. The van der Waals surface area contributed by atoms with E-state index in [0.29, 0.717) is 5.56 Å². The summed E-state index contributed by atoms with van der Waals surface area (Å²) in [4.78, 5) is 28.1. The number of ketones is 1. The third-order valence-corrected chi connectivity index (χ3v) is 6.89. The summed E-state index contributed by atoms with van der Waals surface area (Å²) in [5.41, 5.74) is 2.25. The number of para-hydroxylation sites is 1. The standard InChI is InChI=1S/C21H21ClN2O5S/c1-4-13-6-5-7-15-17(11-23-20(13)15)19(25)12-29-21(26)16-10-14(8-9-18(16)22)30(27,28)24(2)3/h5-11,23H,4,12H2,1-3H3. The Hall–Kier alpha value is -2.68. The maximum Gasteiger partial charge on any atom is 0.340 e. The molecule has 0 aliphatic rings. The molecule has 0 amide bonds. The number of carbonyl (C=O) groups excluding carboxylic acids is 2. The first-order valence-electron chi connectivity index (χ1n) is 9.18. The number of sulfonamides is 1. The molecule has 0 saturated carbocycles. The van der Waals surface area contributed by atoms with Gasteiger partial charge >= 0.3 is 5.97 Å². The molecule has 9 heteroatoms. The molecule has 1 aromatic heterocycles. The Labute approximate surface area is 179 Å². The highest BCUT2D eigenvalue weighted by Gasteiger charge is 2.22. The summed E-state index contributed by atoms with van der Waals surface area (Å²) in [7, 11) is -0.990. The minimum Gasteiger partial charge on any atom is -0.454 e. The Morgan fingerprint density at radius 3 is 2.53 bits per heavy atom. The largest absolute Gasteiger partial charge is 0.454 e. The summed E-state index contributed by atoms with van der Waals surface area (Å²) in [5, 5.41) is 0.789. The van der Waals surface area contributed by atoms with E-state index < -0.39 is 22.6 Å². The Balaban J connectivity index is 1.80. The molecule has 0 spiro atoms. The predicted molar refractivity (Wildman–Crippen MR) is 115 cm³/mol. The van der Waals surface area contributed by atoms with Crippen LogP contribution in [0, 0.1) is 0 Å². The van der Waals surface area contributed by atoms with E-state index in [-0.39, 0.29) is 21.3 Å². The quantitative estimate of drug-likeness (QED) is 0.439. The second-order valence-corrected chi connectivity index (χ2v) is 9.38. The first-order valence-corrected chi connectivity index (χ1v) is 11.0. The number of hydrogen-bond donors (Lipinski definition) is 1.